The van der Waals surface area contributed by atoms with Crippen LogP contribution in [0.5, 0.6) is 0 Å². The zero-order chi connectivity index (χ0) is 13.0. The normalized spacial score (nSPS) is 18.9. The Hall–Kier alpha value is -1.83. The van der Waals surface area contributed by atoms with Crippen molar-refractivity contribution in [3.8, 4) is 0 Å². The summed E-state index contributed by atoms with van der Waals surface area (Å²) in [4.78, 5) is 11.9. The van der Waals surface area contributed by atoms with Crippen LogP contribution in [-0.4, -0.2) is 5.97 Å². The van der Waals surface area contributed by atoms with E-state index in [-0.39, 0.29) is 12.1 Å². The third-order valence-corrected chi connectivity index (χ3v) is 3.14. The third kappa shape index (κ3) is 2.37. The van der Waals surface area contributed by atoms with Crippen LogP contribution in [0.4, 0.5) is 0 Å². The molecule has 1 atom stereocenters. The van der Waals surface area contributed by atoms with Gasteiger partial charge in [-0.3, -0.25) is 0 Å². The lowest BCUT2D eigenvalue weighted by atomic mass is 9.95. The van der Waals surface area contributed by atoms with E-state index in [9.17, 15) is 4.79 Å². The van der Waals surface area contributed by atoms with Crippen LogP contribution in [0.1, 0.15) is 37.9 Å². The van der Waals surface area contributed by atoms with Crippen molar-refractivity contribution in [2.24, 2.45) is 0 Å². The highest BCUT2D eigenvalue weighted by atomic mass is 16.5. The molecule has 0 saturated heterocycles. The zero-order valence-corrected chi connectivity index (χ0v) is 10.7. The van der Waals surface area contributed by atoms with Crippen LogP contribution in [0.25, 0.3) is 0 Å². The largest absolute Gasteiger partial charge is 0.450 e. The van der Waals surface area contributed by atoms with Crippen LogP contribution in [-0.2, 0) is 9.53 Å². The van der Waals surface area contributed by atoms with Crippen molar-refractivity contribution in [3.63, 3.8) is 0 Å². The number of allylic oxidation sites excluding steroid dienone is 1. The monoisotopic (exact) mass is 242 g/mol. The molecule has 18 heavy (non-hydrogen) atoms. The Balaban J connectivity index is 2.37. The lowest BCUT2D eigenvalue weighted by Gasteiger charge is -2.13. The van der Waals surface area contributed by atoms with E-state index in [0.717, 1.165) is 29.6 Å². The molecule has 0 spiro atoms. The van der Waals surface area contributed by atoms with Gasteiger partial charge >= 0.3 is 5.97 Å². The molecular formula is C16H18O2. The topological polar surface area (TPSA) is 26.3 Å². The first-order valence-corrected chi connectivity index (χ1v) is 6.36. The van der Waals surface area contributed by atoms with Gasteiger partial charge in [-0.05, 0) is 24.0 Å². The molecule has 0 amide bonds. The molecule has 1 aliphatic heterocycles. The lowest BCUT2D eigenvalue weighted by molar-refractivity contribution is -0.140. The number of carbonyl (C=O) groups excluding carboxylic acids is 1. The minimum absolute atomic E-state index is 0.164. The Morgan fingerprint density at radius 3 is 2.67 bits per heavy atom. The summed E-state index contributed by atoms with van der Waals surface area (Å²) >= 11 is 0. The standard InChI is InChI=1S/C16H18O2/c1-3-8-13-14(9-4-2)16(17)18-15(13)12-10-6-5-7-11-12/h3,5-7,10-11,15H,1,4,8-9H2,2H3/t15-/m1/s1. The zero-order valence-electron chi connectivity index (χ0n) is 10.7. The van der Waals surface area contributed by atoms with Gasteiger partial charge in [-0.25, -0.2) is 4.79 Å². The third-order valence-electron chi connectivity index (χ3n) is 3.14. The summed E-state index contributed by atoms with van der Waals surface area (Å²) < 4.78 is 5.52. The van der Waals surface area contributed by atoms with Crippen LogP contribution < -0.4 is 0 Å². The molecule has 0 saturated carbocycles. The Bertz CT molecular complexity index is 471. The molecule has 94 valence electrons. The average molecular weight is 242 g/mol. The molecule has 0 fully saturated rings. The Kier molecular flexibility index (Phi) is 3.98. The van der Waals surface area contributed by atoms with Crippen molar-refractivity contribution in [2.45, 2.75) is 32.3 Å². The lowest BCUT2D eigenvalue weighted by Crippen LogP contribution is -2.03. The molecule has 0 aromatic heterocycles. The molecular weight excluding hydrogens is 224 g/mol. The van der Waals surface area contributed by atoms with Gasteiger partial charge in [0, 0.05) is 5.57 Å². The second-order valence-electron chi connectivity index (χ2n) is 4.44. The number of hydrogen-bond donors (Lipinski definition) is 0. The van der Waals surface area contributed by atoms with E-state index >= 15 is 0 Å². The first kappa shape index (κ1) is 12.6. The quantitative estimate of drug-likeness (QED) is 0.577. The van der Waals surface area contributed by atoms with Crippen LogP contribution in [0.15, 0.2) is 54.1 Å². The second kappa shape index (κ2) is 5.67. The molecule has 1 heterocycles. The predicted molar refractivity (Wildman–Crippen MR) is 72.0 cm³/mol. The smallest absolute Gasteiger partial charge is 0.335 e. The molecule has 0 radical (unpaired) electrons. The van der Waals surface area contributed by atoms with Gasteiger partial charge in [0.05, 0.1) is 0 Å². The first-order chi connectivity index (χ1) is 8.77. The van der Waals surface area contributed by atoms with E-state index < -0.39 is 0 Å². The van der Waals surface area contributed by atoms with E-state index in [1.165, 1.54) is 0 Å². The molecule has 1 aliphatic rings. The van der Waals surface area contributed by atoms with Crippen molar-refractivity contribution in [3.05, 3.63) is 59.7 Å². The van der Waals surface area contributed by atoms with E-state index in [4.69, 9.17) is 4.74 Å². The fourth-order valence-corrected chi connectivity index (χ4v) is 2.33. The summed E-state index contributed by atoms with van der Waals surface area (Å²) in [6.07, 6.45) is 4.06. The predicted octanol–water partition coefficient (Wildman–Crippen LogP) is 3.96. The number of cyclic esters (lactones) is 1. The van der Waals surface area contributed by atoms with E-state index in [1.807, 2.05) is 36.4 Å². The maximum atomic E-state index is 11.9. The van der Waals surface area contributed by atoms with Gasteiger partial charge in [0.2, 0.25) is 0 Å². The summed E-state index contributed by atoms with van der Waals surface area (Å²) in [6, 6.07) is 9.88. The molecule has 2 nitrogen and oxygen atoms in total. The molecule has 1 aromatic carbocycles. The number of hydrogen-bond acceptors (Lipinski definition) is 2. The Morgan fingerprint density at radius 1 is 1.33 bits per heavy atom. The highest BCUT2D eigenvalue weighted by Gasteiger charge is 2.33. The van der Waals surface area contributed by atoms with Gasteiger partial charge in [0.25, 0.3) is 0 Å². The minimum atomic E-state index is -0.224. The summed E-state index contributed by atoms with van der Waals surface area (Å²) in [5.41, 5.74) is 2.95. The van der Waals surface area contributed by atoms with Gasteiger partial charge in [0.1, 0.15) is 6.10 Å². The summed E-state index contributed by atoms with van der Waals surface area (Å²) in [7, 11) is 0. The fraction of sp³-hybridized carbons (Fsp3) is 0.312. The fourth-order valence-electron chi connectivity index (χ4n) is 2.33. The Labute approximate surface area is 108 Å². The van der Waals surface area contributed by atoms with Crippen LogP contribution in [0.2, 0.25) is 0 Å². The summed E-state index contributed by atoms with van der Waals surface area (Å²) in [5.74, 6) is -0.164. The highest BCUT2D eigenvalue weighted by molar-refractivity contribution is 5.92. The summed E-state index contributed by atoms with van der Waals surface area (Å²) in [5, 5.41) is 0. The maximum Gasteiger partial charge on any atom is 0.335 e. The van der Waals surface area contributed by atoms with Crippen molar-refractivity contribution in [1.29, 1.82) is 0 Å². The Morgan fingerprint density at radius 2 is 2.06 bits per heavy atom. The van der Waals surface area contributed by atoms with Gasteiger partial charge in [-0.15, -0.1) is 6.58 Å². The molecule has 2 rings (SSSR count). The van der Waals surface area contributed by atoms with Crippen LogP contribution in [0.3, 0.4) is 0 Å². The summed E-state index contributed by atoms with van der Waals surface area (Å²) in [6.45, 7) is 5.84. The number of esters is 1. The molecule has 0 aliphatic carbocycles. The number of rotatable bonds is 5. The van der Waals surface area contributed by atoms with Crippen molar-refractivity contribution in [1.82, 2.24) is 0 Å². The van der Waals surface area contributed by atoms with Crippen molar-refractivity contribution in [2.75, 3.05) is 0 Å². The van der Waals surface area contributed by atoms with E-state index in [1.54, 1.807) is 0 Å². The number of ether oxygens (including phenoxy) is 1. The average Bonchev–Trinajstić information content (AvgIpc) is 2.70. The first-order valence-electron chi connectivity index (χ1n) is 6.36. The van der Waals surface area contributed by atoms with Gasteiger partial charge in [-0.2, -0.15) is 0 Å². The van der Waals surface area contributed by atoms with Gasteiger partial charge < -0.3 is 4.74 Å². The SMILES string of the molecule is C=CCC1=C(CCC)C(=O)O[C@@H]1c1ccccc1. The van der Waals surface area contributed by atoms with Gasteiger partial charge in [0.15, 0.2) is 0 Å². The molecule has 0 unspecified atom stereocenters. The maximum absolute atomic E-state index is 11.9. The number of carbonyl (C=O) groups is 1. The van der Waals surface area contributed by atoms with Crippen molar-refractivity contribution >= 4 is 5.97 Å². The highest BCUT2D eigenvalue weighted by Crippen LogP contribution is 2.38. The van der Waals surface area contributed by atoms with Crippen molar-refractivity contribution < 1.29 is 9.53 Å². The molecule has 0 bridgehead atoms. The van der Waals surface area contributed by atoms with E-state index in [2.05, 4.69) is 13.5 Å². The molecule has 2 heteroatoms. The molecule has 0 N–H and O–H groups in total. The minimum Gasteiger partial charge on any atom is -0.450 e. The van der Waals surface area contributed by atoms with E-state index in [0.29, 0.717) is 6.42 Å². The number of benzene rings is 1. The second-order valence-corrected chi connectivity index (χ2v) is 4.44. The molecule has 1 aromatic rings. The van der Waals surface area contributed by atoms with Gasteiger partial charge in [-0.1, -0.05) is 49.8 Å². The van der Waals surface area contributed by atoms with Crippen LogP contribution in [0, 0.1) is 0 Å². The van der Waals surface area contributed by atoms with Crippen LogP contribution >= 0.6 is 0 Å².